The van der Waals surface area contributed by atoms with E-state index in [9.17, 15) is 10.2 Å². The van der Waals surface area contributed by atoms with Crippen molar-refractivity contribution in [3.8, 4) is 11.5 Å². The Balaban J connectivity index is 1.71. The summed E-state index contributed by atoms with van der Waals surface area (Å²) in [6, 6.07) is 12.9. The largest absolute Gasteiger partial charge is 0.508 e. The summed E-state index contributed by atoms with van der Waals surface area (Å²) in [7, 11) is 0. The topological polar surface area (TPSA) is 49.7 Å². The van der Waals surface area contributed by atoms with E-state index in [1.165, 1.54) is 5.56 Å². The van der Waals surface area contributed by atoms with Crippen LogP contribution in [0, 0.1) is 0 Å². The van der Waals surface area contributed by atoms with Gasteiger partial charge < -0.3 is 14.9 Å². The van der Waals surface area contributed by atoms with Gasteiger partial charge in [0, 0.05) is 0 Å². The van der Waals surface area contributed by atoms with Crippen LogP contribution in [0.5, 0.6) is 11.5 Å². The summed E-state index contributed by atoms with van der Waals surface area (Å²) in [5.41, 5.74) is 3.12. The molecule has 0 fully saturated rings. The van der Waals surface area contributed by atoms with E-state index in [1.54, 1.807) is 18.2 Å². The molecule has 2 aromatic rings. The lowest BCUT2D eigenvalue weighted by Gasteiger charge is -2.09. The first-order valence-electron chi connectivity index (χ1n) is 6.44. The van der Waals surface area contributed by atoms with Gasteiger partial charge in [0.1, 0.15) is 18.1 Å². The van der Waals surface area contributed by atoms with E-state index in [1.807, 2.05) is 24.3 Å². The molecule has 2 aromatic carbocycles. The monoisotopic (exact) mass is 256 g/mol. The summed E-state index contributed by atoms with van der Waals surface area (Å²) >= 11 is 0. The molecule has 0 saturated carbocycles. The maximum absolute atomic E-state index is 9.74. The SMILES string of the molecule is Oc1cccc(COc2ccc3c(c2)CCC3O)c1. The van der Waals surface area contributed by atoms with Gasteiger partial charge in [-0.05, 0) is 53.8 Å². The van der Waals surface area contributed by atoms with Gasteiger partial charge in [-0.3, -0.25) is 0 Å². The molecule has 0 spiro atoms. The second-order valence-electron chi connectivity index (χ2n) is 4.87. The summed E-state index contributed by atoms with van der Waals surface area (Å²) in [5, 5.41) is 19.1. The third kappa shape index (κ3) is 2.56. The zero-order chi connectivity index (χ0) is 13.2. The summed E-state index contributed by atoms with van der Waals surface area (Å²) < 4.78 is 5.71. The lowest BCUT2D eigenvalue weighted by atomic mass is 10.1. The summed E-state index contributed by atoms with van der Waals surface area (Å²) in [5.74, 6) is 1.05. The number of aromatic hydroxyl groups is 1. The van der Waals surface area contributed by atoms with Gasteiger partial charge in [-0.15, -0.1) is 0 Å². The smallest absolute Gasteiger partial charge is 0.120 e. The molecular formula is C16H16O3. The number of aliphatic hydroxyl groups is 1. The van der Waals surface area contributed by atoms with Crippen molar-refractivity contribution in [2.45, 2.75) is 25.6 Å². The zero-order valence-electron chi connectivity index (χ0n) is 10.5. The highest BCUT2D eigenvalue weighted by molar-refractivity contribution is 5.40. The van der Waals surface area contributed by atoms with Crippen molar-refractivity contribution >= 4 is 0 Å². The number of rotatable bonds is 3. The van der Waals surface area contributed by atoms with Crippen molar-refractivity contribution in [3.05, 3.63) is 59.2 Å². The average Bonchev–Trinajstić information content (AvgIpc) is 2.78. The number of hydrogen-bond acceptors (Lipinski definition) is 3. The highest BCUT2D eigenvalue weighted by Crippen LogP contribution is 2.33. The van der Waals surface area contributed by atoms with Crippen molar-refractivity contribution in [1.82, 2.24) is 0 Å². The first kappa shape index (κ1) is 12.1. The van der Waals surface area contributed by atoms with E-state index in [0.717, 1.165) is 29.7 Å². The molecule has 1 aliphatic carbocycles. The summed E-state index contributed by atoms with van der Waals surface area (Å²) in [4.78, 5) is 0. The molecular weight excluding hydrogens is 240 g/mol. The van der Waals surface area contributed by atoms with E-state index in [0.29, 0.717) is 6.61 Å². The Hall–Kier alpha value is -2.00. The predicted molar refractivity (Wildman–Crippen MR) is 72.2 cm³/mol. The Morgan fingerprint density at radius 2 is 2.05 bits per heavy atom. The molecule has 0 aliphatic heterocycles. The fourth-order valence-electron chi connectivity index (χ4n) is 2.47. The van der Waals surface area contributed by atoms with Crippen molar-refractivity contribution in [1.29, 1.82) is 0 Å². The second kappa shape index (κ2) is 4.94. The van der Waals surface area contributed by atoms with Gasteiger partial charge in [-0.25, -0.2) is 0 Å². The number of phenols is 1. The Morgan fingerprint density at radius 3 is 2.89 bits per heavy atom. The minimum Gasteiger partial charge on any atom is -0.508 e. The van der Waals surface area contributed by atoms with Gasteiger partial charge in [0.2, 0.25) is 0 Å². The second-order valence-corrected chi connectivity index (χ2v) is 4.87. The van der Waals surface area contributed by atoms with Crippen molar-refractivity contribution < 1.29 is 14.9 Å². The third-order valence-electron chi connectivity index (χ3n) is 3.48. The van der Waals surface area contributed by atoms with Gasteiger partial charge in [0.05, 0.1) is 6.10 Å². The molecule has 0 aromatic heterocycles. The highest BCUT2D eigenvalue weighted by Gasteiger charge is 2.20. The van der Waals surface area contributed by atoms with Crippen LogP contribution in [0.4, 0.5) is 0 Å². The van der Waals surface area contributed by atoms with Gasteiger partial charge in [-0.2, -0.15) is 0 Å². The first-order chi connectivity index (χ1) is 9.22. The molecule has 0 saturated heterocycles. The molecule has 0 heterocycles. The number of ether oxygens (including phenoxy) is 1. The van der Waals surface area contributed by atoms with Gasteiger partial charge >= 0.3 is 0 Å². The lowest BCUT2D eigenvalue weighted by Crippen LogP contribution is -1.96. The quantitative estimate of drug-likeness (QED) is 0.887. The van der Waals surface area contributed by atoms with E-state index in [-0.39, 0.29) is 11.9 Å². The average molecular weight is 256 g/mol. The van der Waals surface area contributed by atoms with Crippen LogP contribution in [-0.4, -0.2) is 10.2 Å². The van der Waals surface area contributed by atoms with E-state index < -0.39 is 0 Å². The van der Waals surface area contributed by atoms with Gasteiger partial charge in [-0.1, -0.05) is 18.2 Å². The van der Waals surface area contributed by atoms with E-state index >= 15 is 0 Å². The van der Waals surface area contributed by atoms with E-state index in [4.69, 9.17) is 4.74 Å². The van der Waals surface area contributed by atoms with Crippen molar-refractivity contribution in [3.63, 3.8) is 0 Å². The van der Waals surface area contributed by atoms with Crippen LogP contribution in [0.25, 0.3) is 0 Å². The van der Waals surface area contributed by atoms with Gasteiger partial charge in [0.25, 0.3) is 0 Å². The van der Waals surface area contributed by atoms with Crippen LogP contribution in [0.3, 0.4) is 0 Å². The van der Waals surface area contributed by atoms with Crippen LogP contribution < -0.4 is 4.74 Å². The van der Waals surface area contributed by atoms with Crippen molar-refractivity contribution in [2.75, 3.05) is 0 Å². The molecule has 3 nitrogen and oxygen atoms in total. The Kier molecular flexibility index (Phi) is 3.13. The van der Waals surface area contributed by atoms with Crippen LogP contribution in [-0.2, 0) is 13.0 Å². The van der Waals surface area contributed by atoms with Crippen LogP contribution in [0.15, 0.2) is 42.5 Å². The standard InChI is InChI=1S/C16H16O3/c17-13-3-1-2-11(8-13)10-19-14-5-6-15-12(9-14)4-7-16(15)18/h1-3,5-6,8-9,16-18H,4,7,10H2. The number of fused-ring (bicyclic) bond motifs is 1. The first-order valence-corrected chi connectivity index (χ1v) is 6.44. The van der Waals surface area contributed by atoms with E-state index in [2.05, 4.69) is 0 Å². The highest BCUT2D eigenvalue weighted by atomic mass is 16.5. The normalized spacial score (nSPS) is 17.2. The lowest BCUT2D eigenvalue weighted by molar-refractivity contribution is 0.180. The molecule has 3 rings (SSSR count). The fourth-order valence-corrected chi connectivity index (χ4v) is 2.47. The van der Waals surface area contributed by atoms with Crippen LogP contribution in [0.1, 0.15) is 29.2 Å². The van der Waals surface area contributed by atoms with Gasteiger partial charge in [0.15, 0.2) is 0 Å². The molecule has 1 unspecified atom stereocenters. The molecule has 2 N–H and O–H groups in total. The fraction of sp³-hybridized carbons (Fsp3) is 0.250. The number of aryl methyl sites for hydroxylation is 1. The Bertz CT molecular complexity index is 592. The summed E-state index contributed by atoms with van der Waals surface area (Å²) in [6.07, 6.45) is 1.38. The minimum absolute atomic E-state index is 0.248. The molecule has 0 bridgehead atoms. The molecule has 98 valence electrons. The maximum Gasteiger partial charge on any atom is 0.120 e. The molecule has 0 radical (unpaired) electrons. The summed E-state index contributed by atoms with van der Waals surface area (Å²) in [6.45, 7) is 0.426. The number of benzene rings is 2. The molecule has 19 heavy (non-hydrogen) atoms. The Morgan fingerprint density at radius 1 is 1.16 bits per heavy atom. The van der Waals surface area contributed by atoms with Crippen molar-refractivity contribution in [2.24, 2.45) is 0 Å². The minimum atomic E-state index is -0.324. The van der Waals surface area contributed by atoms with Crippen LogP contribution >= 0.6 is 0 Å². The number of hydrogen-bond donors (Lipinski definition) is 2. The molecule has 0 amide bonds. The zero-order valence-corrected chi connectivity index (χ0v) is 10.5. The predicted octanol–water partition coefficient (Wildman–Crippen LogP) is 2.95. The van der Waals surface area contributed by atoms with Crippen LogP contribution in [0.2, 0.25) is 0 Å². The Labute approximate surface area is 112 Å². The molecule has 1 aliphatic rings. The molecule has 1 atom stereocenters. The third-order valence-corrected chi connectivity index (χ3v) is 3.48. The number of aliphatic hydroxyl groups excluding tert-OH is 1. The molecule has 3 heteroatoms. The maximum atomic E-state index is 9.74. The number of phenolic OH excluding ortho intramolecular Hbond substituents is 1.